The van der Waals surface area contributed by atoms with Gasteiger partial charge in [0.2, 0.25) is 11.8 Å². The standard InChI is InChI=1S/C39H45N7O5S/c1-23-9-7-10-24(2)34(23)30-15-33(44-37(42-30)45-52(49,50)29-12-8-11-26(13-29)36(47)48)51-22-28(19-39-16-25(17-39)18-39)40-21-32-41-20-27-14-31(38(3,4)5)46(6)35(27)43-32/h7-15,20,25,28,40H,16-19,21-22H2,1-6H3,(H,47,48)(H,42,44,45). The van der Waals surface area contributed by atoms with Crippen molar-refractivity contribution in [2.75, 3.05) is 11.3 Å². The van der Waals surface area contributed by atoms with Crippen LogP contribution in [0.1, 0.15) is 79.5 Å². The molecule has 2 bridgehead atoms. The summed E-state index contributed by atoms with van der Waals surface area (Å²) < 4.78 is 37.9. The highest BCUT2D eigenvalue weighted by atomic mass is 32.2. The third kappa shape index (κ3) is 7.11. The smallest absolute Gasteiger partial charge is 0.335 e. The summed E-state index contributed by atoms with van der Waals surface area (Å²) in [5.74, 6) is 0.323. The number of ether oxygens (including phenoxy) is 1. The van der Waals surface area contributed by atoms with Gasteiger partial charge in [-0.25, -0.2) is 32.9 Å². The molecule has 52 heavy (non-hydrogen) atoms. The van der Waals surface area contributed by atoms with Gasteiger partial charge < -0.3 is 19.7 Å². The number of carboxylic acid groups (broad SMARTS) is 1. The molecule has 1 unspecified atom stereocenters. The highest BCUT2D eigenvalue weighted by molar-refractivity contribution is 7.92. The monoisotopic (exact) mass is 723 g/mol. The number of hydrogen-bond donors (Lipinski definition) is 3. The number of aromatic carboxylic acids is 1. The normalized spacial score (nSPS) is 18.8. The molecule has 272 valence electrons. The van der Waals surface area contributed by atoms with Crippen molar-refractivity contribution in [1.82, 2.24) is 29.8 Å². The molecule has 3 fully saturated rings. The van der Waals surface area contributed by atoms with Crippen LogP contribution in [0, 0.1) is 25.2 Å². The number of nitrogens with one attached hydrogen (secondary N) is 2. The van der Waals surface area contributed by atoms with Gasteiger partial charge in [-0.05, 0) is 86.3 Å². The van der Waals surface area contributed by atoms with Crippen LogP contribution in [0.25, 0.3) is 22.3 Å². The van der Waals surface area contributed by atoms with Crippen LogP contribution < -0.4 is 14.8 Å². The molecule has 3 N–H and O–H groups in total. The molecular weight excluding hydrogens is 679 g/mol. The number of carbonyl (C=O) groups is 1. The summed E-state index contributed by atoms with van der Waals surface area (Å²) in [6.45, 7) is 11.2. The number of fused-ring (bicyclic) bond motifs is 1. The number of aryl methyl sites for hydroxylation is 3. The average molecular weight is 724 g/mol. The lowest BCUT2D eigenvalue weighted by Gasteiger charge is -2.63. The number of carboxylic acids is 1. The van der Waals surface area contributed by atoms with Crippen molar-refractivity contribution in [3.63, 3.8) is 0 Å². The summed E-state index contributed by atoms with van der Waals surface area (Å²) in [4.78, 5) is 30.0. The van der Waals surface area contributed by atoms with E-state index in [0.717, 1.165) is 46.1 Å². The first-order valence-corrected chi connectivity index (χ1v) is 19.1. The van der Waals surface area contributed by atoms with Crippen molar-refractivity contribution >= 4 is 33.0 Å². The van der Waals surface area contributed by atoms with Crippen molar-refractivity contribution in [1.29, 1.82) is 0 Å². The molecule has 1 atom stereocenters. The zero-order chi connectivity index (χ0) is 37.0. The van der Waals surface area contributed by atoms with Gasteiger partial charge in [0.1, 0.15) is 18.1 Å². The van der Waals surface area contributed by atoms with Crippen molar-refractivity contribution in [2.24, 2.45) is 18.4 Å². The average Bonchev–Trinajstić information content (AvgIpc) is 3.39. The Balaban J connectivity index is 1.15. The Labute approximate surface area is 304 Å². The minimum atomic E-state index is -4.24. The molecule has 3 aliphatic rings. The maximum Gasteiger partial charge on any atom is 0.335 e. The third-order valence-electron chi connectivity index (χ3n) is 10.5. The van der Waals surface area contributed by atoms with Gasteiger partial charge in [-0.15, -0.1) is 0 Å². The molecule has 0 saturated heterocycles. The Morgan fingerprint density at radius 2 is 1.75 bits per heavy atom. The van der Waals surface area contributed by atoms with Crippen LogP contribution in [0.15, 0.2) is 65.7 Å². The molecule has 0 spiro atoms. The number of aromatic nitrogens is 5. The second-order valence-corrected chi connectivity index (χ2v) is 17.3. The van der Waals surface area contributed by atoms with Crippen molar-refractivity contribution in [3.8, 4) is 17.1 Å². The van der Waals surface area contributed by atoms with Crippen LogP contribution in [-0.2, 0) is 29.0 Å². The minimum absolute atomic E-state index is 0.0250. The van der Waals surface area contributed by atoms with Crippen molar-refractivity contribution < 1.29 is 23.1 Å². The quantitative estimate of drug-likeness (QED) is 0.121. The second-order valence-electron chi connectivity index (χ2n) is 15.6. The van der Waals surface area contributed by atoms with Gasteiger partial charge in [0.15, 0.2) is 0 Å². The summed E-state index contributed by atoms with van der Waals surface area (Å²) >= 11 is 0. The summed E-state index contributed by atoms with van der Waals surface area (Å²) in [5.41, 5.74) is 5.49. The number of anilines is 1. The van der Waals surface area contributed by atoms with E-state index in [1.165, 1.54) is 43.2 Å². The number of benzene rings is 2. The predicted molar refractivity (Wildman–Crippen MR) is 199 cm³/mol. The van der Waals surface area contributed by atoms with E-state index < -0.39 is 16.0 Å². The zero-order valence-corrected chi connectivity index (χ0v) is 31.2. The minimum Gasteiger partial charge on any atom is -0.478 e. The number of rotatable bonds is 13. The van der Waals surface area contributed by atoms with Crippen LogP contribution in [0.2, 0.25) is 0 Å². The Hall–Kier alpha value is -4.88. The first-order valence-electron chi connectivity index (χ1n) is 17.6. The predicted octanol–water partition coefficient (Wildman–Crippen LogP) is 6.57. The van der Waals surface area contributed by atoms with Gasteiger partial charge in [0.25, 0.3) is 10.0 Å². The summed E-state index contributed by atoms with van der Waals surface area (Å²) in [7, 11) is -2.19. The van der Waals surface area contributed by atoms with E-state index in [1.54, 1.807) is 6.07 Å². The lowest BCUT2D eigenvalue weighted by atomic mass is 9.43. The molecule has 3 aliphatic carbocycles. The second kappa shape index (κ2) is 13.3. The fraction of sp³-hybridized carbons (Fsp3) is 0.410. The van der Waals surface area contributed by atoms with E-state index in [2.05, 4.69) is 56.4 Å². The van der Waals surface area contributed by atoms with Gasteiger partial charge in [0.05, 0.1) is 22.7 Å². The molecule has 8 rings (SSSR count). The molecule has 0 aliphatic heterocycles. The van der Waals surface area contributed by atoms with Crippen LogP contribution >= 0.6 is 0 Å². The van der Waals surface area contributed by atoms with Crippen LogP contribution in [-0.4, -0.2) is 56.6 Å². The van der Waals surface area contributed by atoms with Crippen LogP contribution in [0.3, 0.4) is 0 Å². The molecule has 12 nitrogen and oxygen atoms in total. The van der Waals surface area contributed by atoms with Gasteiger partial charge in [-0.3, -0.25) is 0 Å². The highest BCUT2D eigenvalue weighted by Crippen LogP contribution is 2.66. The van der Waals surface area contributed by atoms with E-state index in [0.29, 0.717) is 23.5 Å². The lowest BCUT2D eigenvalue weighted by molar-refractivity contribution is -0.119. The first kappa shape index (κ1) is 35.5. The van der Waals surface area contributed by atoms with Crippen LogP contribution in [0.5, 0.6) is 5.88 Å². The van der Waals surface area contributed by atoms with E-state index in [1.807, 2.05) is 45.3 Å². The van der Waals surface area contributed by atoms with Crippen LogP contribution in [0.4, 0.5) is 5.95 Å². The van der Waals surface area contributed by atoms with E-state index in [4.69, 9.17) is 9.72 Å². The van der Waals surface area contributed by atoms with Gasteiger partial charge in [-0.1, -0.05) is 45.0 Å². The summed E-state index contributed by atoms with van der Waals surface area (Å²) in [6, 6.07) is 14.9. The summed E-state index contributed by atoms with van der Waals surface area (Å²) in [6.07, 6.45) is 6.50. The fourth-order valence-corrected chi connectivity index (χ4v) is 8.85. The SMILES string of the molecule is Cc1cccc(C)c1-c1cc(OCC(CC23CC(C2)C3)NCc2ncc3cc(C(C)(C)C)n(C)c3n2)nc(NS(=O)(=O)c2cccc(C(=O)O)c2)n1. The fourth-order valence-electron chi connectivity index (χ4n) is 7.86. The Kier molecular flexibility index (Phi) is 9.06. The largest absolute Gasteiger partial charge is 0.478 e. The van der Waals surface area contributed by atoms with Gasteiger partial charge in [0, 0.05) is 47.4 Å². The zero-order valence-electron chi connectivity index (χ0n) is 30.4. The molecular formula is C39H45N7O5S. The Morgan fingerprint density at radius 3 is 2.40 bits per heavy atom. The maximum absolute atomic E-state index is 13.5. The van der Waals surface area contributed by atoms with E-state index in [-0.39, 0.29) is 40.4 Å². The molecule has 3 heterocycles. The Bertz CT molecular complexity index is 2260. The van der Waals surface area contributed by atoms with Crippen molar-refractivity contribution in [3.05, 3.63) is 89.0 Å². The number of hydrogen-bond acceptors (Lipinski definition) is 9. The lowest BCUT2D eigenvalue weighted by Crippen LogP contribution is -2.55. The first-order chi connectivity index (χ1) is 24.6. The molecule has 0 radical (unpaired) electrons. The topological polar surface area (TPSA) is 161 Å². The molecule has 3 saturated carbocycles. The molecule has 3 aromatic heterocycles. The van der Waals surface area contributed by atoms with E-state index in [9.17, 15) is 18.3 Å². The third-order valence-corrected chi connectivity index (χ3v) is 11.8. The highest BCUT2D eigenvalue weighted by Gasteiger charge is 2.56. The Morgan fingerprint density at radius 1 is 1.04 bits per heavy atom. The molecule has 13 heteroatoms. The molecule has 0 amide bonds. The summed E-state index contributed by atoms with van der Waals surface area (Å²) in [5, 5.41) is 14.1. The van der Waals surface area contributed by atoms with Crippen molar-refractivity contribution in [2.45, 2.75) is 83.2 Å². The maximum atomic E-state index is 13.5. The van der Waals surface area contributed by atoms with E-state index >= 15 is 0 Å². The number of sulfonamides is 1. The van der Waals surface area contributed by atoms with Gasteiger partial charge in [-0.2, -0.15) is 4.98 Å². The van der Waals surface area contributed by atoms with Gasteiger partial charge >= 0.3 is 5.97 Å². The molecule has 5 aromatic rings. The number of nitrogens with zero attached hydrogens (tertiary/aromatic N) is 5. The molecule has 2 aromatic carbocycles.